The first-order valence-corrected chi connectivity index (χ1v) is 7.11. The van der Waals surface area contributed by atoms with Gasteiger partial charge in [0.15, 0.2) is 5.13 Å². The van der Waals surface area contributed by atoms with Gasteiger partial charge in [-0.25, -0.2) is 4.98 Å². The molecule has 0 saturated heterocycles. The Kier molecular flexibility index (Phi) is 5.38. The van der Waals surface area contributed by atoms with Crippen LogP contribution in [-0.2, 0) is 0 Å². The van der Waals surface area contributed by atoms with E-state index in [0.29, 0.717) is 18.5 Å². The SMILES string of the molecule is CCC(CC)N(CC(F)(F)F)C(=O)c1sc(N)nc1C. The van der Waals surface area contributed by atoms with Crippen LogP contribution in [0, 0.1) is 6.92 Å². The minimum Gasteiger partial charge on any atom is -0.375 e. The molecule has 1 amide bonds. The highest BCUT2D eigenvalue weighted by Gasteiger charge is 2.37. The predicted molar refractivity (Wildman–Crippen MR) is 72.7 cm³/mol. The quantitative estimate of drug-likeness (QED) is 0.908. The third kappa shape index (κ3) is 4.09. The Labute approximate surface area is 119 Å². The second-order valence-corrected chi connectivity index (χ2v) is 5.52. The number of amides is 1. The Morgan fingerprint density at radius 1 is 1.40 bits per heavy atom. The number of hydrogen-bond donors (Lipinski definition) is 1. The molecule has 0 unspecified atom stereocenters. The van der Waals surface area contributed by atoms with Crippen LogP contribution in [-0.4, -0.2) is 34.6 Å². The lowest BCUT2D eigenvalue weighted by Gasteiger charge is -2.31. The molecule has 2 N–H and O–H groups in total. The van der Waals surface area contributed by atoms with E-state index in [1.54, 1.807) is 20.8 Å². The summed E-state index contributed by atoms with van der Waals surface area (Å²) in [5, 5.41) is 0.183. The van der Waals surface area contributed by atoms with Crippen molar-refractivity contribution in [2.75, 3.05) is 12.3 Å². The molecule has 20 heavy (non-hydrogen) atoms. The molecule has 0 atom stereocenters. The van der Waals surface area contributed by atoms with Crippen LogP contribution in [0.1, 0.15) is 42.1 Å². The van der Waals surface area contributed by atoms with E-state index in [-0.39, 0.29) is 10.0 Å². The molecule has 0 aliphatic carbocycles. The van der Waals surface area contributed by atoms with E-state index in [1.165, 1.54) is 0 Å². The lowest BCUT2D eigenvalue weighted by Crippen LogP contribution is -2.45. The maximum Gasteiger partial charge on any atom is 0.406 e. The van der Waals surface area contributed by atoms with Crippen molar-refractivity contribution in [3.63, 3.8) is 0 Å². The molecule has 0 fully saturated rings. The molecule has 0 aromatic carbocycles. The number of rotatable bonds is 5. The summed E-state index contributed by atoms with van der Waals surface area (Å²) >= 11 is 0.923. The maximum absolute atomic E-state index is 12.7. The Balaban J connectivity index is 3.09. The molecule has 0 radical (unpaired) electrons. The topological polar surface area (TPSA) is 59.2 Å². The number of nitrogens with two attached hydrogens (primary N) is 1. The van der Waals surface area contributed by atoms with E-state index in [0.717, 1.165) is 16.2 Å². The zero-order valence-corrected chi connectivity index (χ0v) is 12.4. The molecule has 0 saturated carbocycles. The molecule has 1 heterocycles. The molecule has 4 nitrogen and oxygen atoms in total. The summed E-state index contributed by atoms with van der Waals surface area (Å²) in [6.45, 7) is 3.84. The van der Waals surface area contributed by atoms with Crippen molar-refractivity contribution in [1.29, 1.82) is 0 Å². The first-order valence-electron chi connectivity index (χ1n) is 6.30. The number of nitrogens with zero attached hydrogens (tertiary/aromatic N) is 2. The van der Waals surface area contributed by atoms with E-state index < -0.39 is 24.7 Å². The highest BCUT2D eigenvalue weighted by Crippen LogP contribution is 2.26. The van der Waals surface area contributed by atoms with Gasteiger partial charge in [-0.05, 0) is 19.8 Å². The smallest absolute Gasteiger partial charge is 0.375 e. The normalized spacial score (nSPS) is 11.9. The van der Waals surface area contributed by atoms with Crippen molar-refractivity contribution in [2.45, 2.75) is 45.8 Å². The highest BCUT2D eigenvalue weighted by molar-refractivity contribution is 7.17. The van der Waals surface area contributed by atoms with Crippen LogP contribution in [0.2, 0.25) is 0 Å². The minimum absolute atomic E-state index is 0.179. The van der Waals surface area contributed by atoms with Gasteiger partial charge >= 0.3 is 6.18 Å². The monoisotopic (exact) mass is 309 g/mol. The fourth-order valence-electron chi connectivity index (χ4n) is 2.04. The number of halogens is 3. The molecular weight excluding hydrogens is 291 g/mol. The molecule has 0 bridgehead atoms. The summed E-state index contributed by atoms with van der Waals surface area (Å²) in [6.07, 6.45) is -3.50. The van der Waals surface area contributed by atoms with Gasteiger partial charge in [0.2, 0.25) is 0 Å². The number of carbonyl (C=O) groups excluding carboxylic acids is 1. The molecule has 0 aliphatic heterocycles. The van der Waals surface area contributed by atoms with Crippen LogP contribution in [0.5, 0.6) is 0 Å². The Morgan fingerprint density at radius 3 is 2.30 bits per heavy atom. The molecule has 1 rings (SSSR count). The van der Waals surface area contributed by atoms with Gasteiger partial charge in [0.05, 0.1) is 5.69 Å². The number of anilines is 1. The van der Waals surface area contributed by atoms with Crippen LogP contribution in [0.4, 0.5) is 18.3 Å². The standard InChI is InChI=1S/C12H18F3N3OS/c1-4-8(5-2)18(6-12(13,14)15)10(19)9-7(3)17-11(16)20-9/h8H,4-6H2,1-3H3,(H2,16,17). The van der Waals surface area contributed by atoms with Crippen LogP contribution in [0.25, 0.3) is 0 Å². The largest absolute Gasteiger partial charge is 0.406 e. The van der Waals surface area contributed by atoms with Gasteiger partial charge in [-0.1, -0.05) is 25.2 Å². The fourth-order valence-corrected chi connectivity index (χ4v) is 2.83. The Hall–Kier alpha value is -1.31. The van der Waals surface area contributed by atoms with Gasteiger partial charge in [0.1, 0.15) is 11.4 Å². The van der Waals surface area contributed by atoms with E-state index in [9.17, 15) is 18.0 Å². The number of aromatic nitrogens is 1. The van der Waals surface area contributed by atoms with Crippen molar-refractivity contribution in [3.05, 3.63) is 10.6 Å². The minimum atomic E-state index is -4.43. The van der Waals surface area contributed by atoms with Crippen molar-refractivity contribution in [3.8, 4) is 0 Å². The molecule has 1 aromatic rings. The van der Waals surface area contributed by atoms with Gasteiger partial charge in [-0.3, -0.25) is 4.79 Å². The van der Waals surface area contributed by atoms with Gasteiger partial charge in [0.25, 0.3) is 5.91 Å². The lowest BCUT2D eigenvalue weighted by atomic mass is 10.1. The number of aryl methyl sites for hydroxylation is 1. The third-order valence-corrected chi connectivity index (χ3v) is 3.98. The van der Waals surface area contributed by atoms with Crippen LogP contribution in [0.15, 0.2) is 0 Å². The summed E-state index contributed by atoms with van der Waals surface area (Å²) in [5.74, 6) is -0.650. The van der Waals surface area contributed by atoms with Crippen molar-refractivity contribution >= 4 is 22.4 Å². The second-order valence-electron chi connectivity index (χ2n) is 4.49. The van der Waals surface area contributed by atoms with Crippen molar-refractivity contribution < 1.29 is 18.0 Å². The van der Waals surface area contributed by atoms with E-state index >= 15 is 0 Å². The zero-order valence-electron chi connectivity index (χ0n) is 11.6. The maximum atomic E-state index is 12.7. The van der Waals surface area contributed by atoms with E-state index in [1.807, 2.05) is 0 Å². The summed E-state index contributed by atoms with van der Waals surface area (Å²) in [4.78, 5) is 17.3. The molecule has 114 valence electrons. The summed E-state index contributed by atoms with van der Waals surface area (Å²) in [5.41, 5.74) is 5.87. The highest BCUT2D eigenvalue weighted by atomic mass is 32.1. The second kappa shape index (κ2) is 6.43. The van der Waals surface area contributed by atoms with Crippen molar-refractivity contribution in [1.82, 2.24) is 9.88 Å². The number of thiazole rings is 1. The number of alkyl halides is 3. The van der Waals surface area contributed by atoms with Gasteiger partial charge < -0.3 is 10.6 Å². The summed E-state index contributed by atoms with van der Waals surface area (Å²) in [7, 11) is 0. The molecule has 1 aromatic heterocycles. The average molecular weight is 309 g/mol. The van der Waals surface area contributed by atoms with E-state index in [2.05, 4.69) is 4.98 Å². The zero-order chi connectivity index (χ0) is 15.5. The first kappa shape index (κ1) is 16.7. The number of hydrogen-bond acceptors (Lipinski definition) is 4. The first-order chi connectivity index (χ1) is 9.19. The molecular formula is C12H18F3N3OS. The average Bonchev–Trinajstić information content (AvgIpc) is 2.66. The lowest BCUT2D eigenvalue weighted by molar-refractivity contribution is -0.144. The summed E-state index contributed by atoms with van der Waals surface area (Å²) < 4.78 is 38.1. The predicted octanol–water partition coefficient (Wildman–Crippen LogP) is 3.23. The fraction of sp³-hybridized carbons (Fsp3) is 0.667. The van der Waals surface area contributed by atoms with Crippen LogP contribution >= 0.6 is 11.3 Å². The Morgan fingerprint density at radius 2 is 1.95 bits per heavy atom. The number of carbonyl (C=O) groups is 1. The van der Waals surface area contributed by atoms with Crippen LogP contribution < -0.4 is 5.73 Å². The van der Waals surface area contributed by atoms with Gasteiger partial charge in [-0.15, -0.1) is 0 Å². The van der Waals surface area contributed by atoms with Gasteiger partial charge in [0, 0.05) is 6.04 Å². The number of nitrogen functional groups attached to an aromatic ring is 1. The van der Waals surface area contributed by atoms with E-state index in [4.69, 9.17) is 5.73 Å². The molecule has 0 aliphatic rings. The summed E-state index contributed by atoms with van der Waals surface area (Å²) in [6, 6.07) is -0.452. The van der Waals surface area contributed by atoms with Crippen LogP contribution in [0.3, 0.4) is 0 Å². The van der Waals surface area contributed by atoms with Gasteiger partial charge in [-0.2, -0.15) is 13.2 Å². The molecule has 8 heteroatoms. The molecule has 0 spiro atoms. The van der Waals surface area contributed by atoms with Crippen molar-refractivity contribution in [2.24, 2.45) is 0 Å². The Bertz CT molecular complexity index is 469. The third-order valence-electron chi connectivity index (χ3n) is 3.00.